The number of hydrogen-bond donors (Lipinski definition) is 3. The van der Waals surface area contributed by atoms with E-state index in [1.54, 1.807) is 13.0 Å². The van der Waals surface area contributed by atoms with Crippen molar-refractivity contribution in [2.24, 2.45) is 5.73 Å². The highest BCUT2D eigenvalue weighted by atomic mass is 35.5. The Kier molecular flexibility index (Phi) is 8.15. The number of hydrogen-bond acceptors (Lipinski definition) is 5. The summed E-state index contributed by atoms with van der Waals surface area (Å²) < 4.78 is 11.8. The second kappa shape index (κ2) is 10.8. The fourth-order valence-corrected chi connectivity index (χ4v) is 3.67. The third-order valence-electron chi connectivity index (χ3n) is 5.47. The quantitative estimate of drug-likeness (QED) is 0.387. The molecule has 0 saturated heterocycles. The van der Waals surface area contributed by atoms with E-state index in [1.165, 1.54) is 0 Å². The zero-order valence-electron chi connectivity index (χ0n) is 18.4. The van der Waals surface area contributed by atoms with Gasteiger partial charge in [0.1, 0.15) is 23.9 Å². The Morgan fingerprint density at radius 2 is 1.66 bits per heavy atom. The molecule has 32 heavy (non-hydrogen) atoms. The maximum absolute atomic E-state index is 10.3. The Labute approximate surface area is 194 Å². The summed E-state index contributed by atoms with van der Waals surface area (Å²) >= 11 is 6.50. The van der Waals surface area contributed by atoms with Gasteiger partial charge in [-0.25, -0.2) is 0 Å². The minimum absolute atomic E-state index is 0.0457. The fraction of sp³-hybridized carbons (Fsp3) is 0.308. The van der Waals surface area contributed by atoms with Crippen LogP contribution in [0.25, 0.3) is 0 Å². The van der Waals surface area contributed by atoms with Gasteiger partial charge in [-0.1, -0.05) is 61.0 Å². The fourth-order valence-electron chi connectivity index (χ4n) is 3.31. The first-order chi connectivity index (χ1) is 15.3. The maximum Gasteiger partial charge on any atom is 0.131 e. The van der Waals surface area contributed by atoms with Crippen LogP contribution in [0, 0.1) is 0 Å². The topological polar surface area (TPSA) is 84.9 Å². The van der Waals surface area contributed by atoms with Gasteiger partial charge in [-0.05, 0) is 54.7 Å². The molecule has 3 rings (SSSR count). The summed E-state index contributed by atoms with van der Waals surface area (Å²) in [6, 6.07) is 22.9. The molecule has 5 nitrogen and oxygen atoms in total. The third kappa shape index (κ3) is 6.47. The van der Waals surface area contributed by atoms with E-state index in [-0.39, 0.29) is 12.5 Å². The number of ether oxygens (including phenoxy) is 2. The van der Waals surface area contributed by atoms with Crippen LogP contribution >= 0.6 is 11.6 Å². The largest absolute Gasteiger partial charge is 0.489 e. The standard InChI is InChI=1S/C26H30ClNO4/c1-18(13-25(30)26(2,28)17-29)23-12-11-22(15-24(23)27)32-21-10-6-9-20(14-21)31-16-19-7-4-3-5-8-19/h3-12,14-15,18,25,29-30H,13,16-17,28H2,1-2H3/t18?,25?,26-/m1/s1. The van der Waals surface area contributed by atoms with Crippen LogP contribution in [0.3, 0.4) is 0 Å². The molecule has 0 fully saturated rings. The monoisotopic (exact) mass is 455 g/mol. The van der Waals surface area contributed by atoms with Gasteiger partial charge in [0, 0.05) is 11.1 Å². The number of benzene rings is 3. The van der Waals surface area contributed by atoms with E-state index in [9.17, 15) is 10.2 Å². The van der Waals surface area contributed by atoms with Crippen LogP contribution in [0.15, 0.2) is 72.8 Å². The van der Waals surface area contributed by atoms with Gasteiger partial charge in [0.05, 0.1) is 18.2 Å². The summed E-state index contributed by atoms with van der Waals surface area (Å²) in [5.41, 5.74) is 6.85. The molecular formula is C26H30ClNO4. The molecule has 0 saturated carbocycles. The lowest BCUT2D eigenvalue weighted by atomic mass is 9.86. The lowest BCUT2D eigenvalue weighted by Gasteiger charge is -2.30. The van der Waals surface area contributed by atoms with Gasteiger partial charge in [-0.2, -0.15) is 0 Å². The average Bonchev–Trinajstić information content (AvgIpc) is 2.78. The summed E-state index contributed by atoms with van der Waals surface area (Å²) in [6.45, 7) is 3.77. The van der Waals surface area contributed by atoms with Crippen LogP contribution in [-0.2, 0) is 6.61 Å². The summed E-state index contributed by atoms with van der Waals surface area (Å²) in [6.07, 6.45) is -0.470. The van der Waals surface area contributed by atoms with Gasteiger partial charge in [0.15, 0.2) is 0 Å². The van der Waals surface area contributed by atoms with Crippen molar-refractivity contribution in [1.82, 2.24) is 0 Å². The van der Waals surface area contributed by atoms with E-state index in [0.717, 1.165) is 11.1 Å². The zero-order chi connectivity index (χ0) is 23.1. The van der Waals surface area contributed by atoms with E-state index in [4.69, 9.17) is 26.8 Å². The number of aliphatic hydroxyl groups excluding tert-OH is 2. The Morgan fingerprint density at radius 1 is 0.969 bits per heavy atom. The van der Waals surface area contributed by atoms with Gasteiger partial charge >= 0.3 is 0 Å². The van der Waals surface area contributed by atoms with Crippen molar-refractivity contribution >= 4 is 11.6 Å². The number of rotatable bonds is 10. The molecule has 3 atom stereocenters. The van der Waals surface area contributed by atoms with Crippen molar-refractivity contribution in [1.29, 1.82) is 0 Å². The summed E-state index contributed by atoms with van der Waals surface area (Å²) in [4.78, 5) is 0. The first-order valence-electron chi connectivity index (χ1n) is 10.6. The molecule has 3 aromatic carbocycles. The Morgan fingerprint density at radius 3 is 2.34 bits per heavy atom. The van der Waals surface area contributed by atoms with Crippen LogP contribution < -0.4 is 15.2 Å². The molecule has 0 aliphatic carbocycles. The van der Waals surface area contributed by atoms with E-state index >= 15 is 0 Å². The smallest absolute Gasteiger partial charge is 0.131 e. The van der Waals surface area contributed by atoms with Crippen molar-refractivity contribution in [3.8, 4) is 17.2 Å². The minimum atomic E-state index is -1.06. The average molecular weight is 456 g/mol. The van der Waals surface area contributed by atoms with Gasteiger partial charge in [-0.3, -0.25) is 0 Å². The number of aliphatic hydroxyl groups is 2. The third-order valence-corrected chi connectivity index (χ3v) is 5.80. The second-order valence-corrected chi connectivity index (χ2v) is 8.76. The first kappa shape index (κ1) is 24.1. The Hall–Kier alpha value is -2.57. The SMILES string of the molecule is CC(CC(O)[C@](C)(N)CO)c1ccc(Oc2cccc(OCc3ccccc3)c2)cc1Cl. The molecule has 0 aliphatic rings. The molecule has 3 aromatic rings. The molecule has 0 heterocycles. The van der Waals surface area contributed by atoms with Gasteiger partial charge in [-0.15, -0.1) is 0 Å². The van der Waals surface area contributed by atoms with E-state index < -0.39 is 11.6 Å². The molecule has 2 unspecified atom stereocenters. The normalized spacial score (nSPS) is 14.9. The molecule has 0 bridgehead atoms. The highest BCUT2D eigenvalue weighted by Crippen LogP contribution is 2.34. The number of nitrogens with two attached hydrogens (primary N) is 1. The van der Waals surface area contributed by atoms with Crippen LogP contribution in [0.5, 0.6) is 17.2 Å². The lowest BCUT2D eigenvalue weighted by Crippen LogP contribution is -2.51. The molecule has 0 spiro atoms. The number of halogens is 1. The molecule has 170 valence electrons. The highest BCUT2D eigenvalue weighted by Gasteiger charge is 2.29. The Balaban J connectivity index is 1.64. The van der Waals surface area contributed by atoms with Crippen molar-refractivity contribution in [3.63, 3.8) is 0 Å². The molecule has 6 heteroatoms. The van der Waals surface area contributed by atoms with E-state index in [0.29, 0.717) is 35.3 Å². The van der Waals surface area contributed by atoms with Gasteiger partial charge < -0.3 is 25.4 Å². The van der Waals surface area contributed by atoms with E-state index in [1.807, 2.05) is 73.7 Å². The van der Waals surface area contributed by atoms with E-state index in [2.05, 4.69) is 0 Å². The highest BCUT2D eigenvalue weighted by molar-refractivity contribution is 6.31. The molecular weight excluding hydrogens is 426 g/mol. The summed E-state index contributed by atoms with van der Waals surface area (Å²) in [5.74, 6) is 1.91. The molecule has 0 aliphatic heterocycles. The maximum atomic E-state index is 10.3. The van der Waals surface area contributed by atoms with Gasteiger partial charge in [0.2, 0.25) is 0 Å². The van der Waals surface area contributed by atoms with Gasteiger partial charge in [0.25, 0.3) is 0 Å². The molecule has 0 aromatic heterocycles. The van der Waals surface area contributed by atoms with Crippen LogP contribution in [0.2, 0.25) is 5.02 Å². The summed E-state index contributed by atoms with van der Waals surface area (Å²) in [7, 11) is 0. The van der Waals surface area contributed by atoms with Crippen molar-refractivity contribution < 1.29 is 19.7 Å². The summed E-state index contributed by atoms with van der Waals surface area (Å²) in [5, 5.41) is 20.2. The molecule has 4 N–H and O–H groups in total. The van der Waals surface area contributed by atoms with Crippen molar-refractivity contribution in [2.75, 3.05) is 6.61 Å². The predicted octanol–water partition coefficient (Wildman–Crippen LogP) is 5.28. The Bertz CT molecular complexity index is 1010. The minimum Gasteiger partial charge on any atom is -0.489 e. The first-order valence-corrected chi connectivity index (χ1v) is 11.0. The predicted molar refractivity (Wildman–Crippen MR) is 127 cm³/mol. The molecule has 0 amide bonds. The lowest BCUT2D eigenvalue weighted by molar-refractivity contribution is 0.0437. The second-order valence-electron chi connectivity index (χ2n) is 8.35. The van der Waals surface area contributed by atoms with Crippen molar-refractivity contribution in [2.45, 2.75) is 44.4 Å². The zero-order valence-corrected chi connectivity index (χ0v) is 19.1. The van der Waals surface area contributed by atoms with Crippen LogP contribution in [0.1, 0.15) is 37.3 Å². The molecule has 0 radical (unpaired) electrons. The van der Waals surface area contributed by atoms with Crippen molar-refractivity contribution in [3.05, 3.63) is 88.9 Å². The van der Waals surface area contributed by atoms with Crippen LogP contribution in [-0.4, -0.2) is 28.5 Å². The van der Waals surface area contributed by atoms with Crippen LogP contribution in [0.4, 0.5) is 0 Å².